The van der Waals surface area contributed by atoms with E-state index in [1.165, 1.54) is 32.1 Å². The summed E-state index contributed by atoms with van der Waals surface area (Å²) < 4.78 is 0. The van der Waals surface area contributed by atoms with Gasteiger partial charge in [-0.25, -0.2) is 0 Å². The van der Waals surface area contributed by atoms with Crippen LogP contribution < -0.4 is 11.1 Å². The normalized spacial score (nSPS) is 20.9. The summed E-state index contributed by atoms with van der Waals surface area (Å²) in [6, 6.07) is -0.0587. The van der Waals surface area contributed by atoms with Gasteiger partial charge in [0, 0.05) is 6.04 Å². The molecule has 3 nitrogen and oxygen atoms in total. The number of rotatable bonds is 6. The first kappa shape index (κ1) is 14.8. The van der Waals surface area contributed by atoms with Gasteiger partial charge in [0.1, 0.15) is 0 Å². The quantitative estimate of drug-likeness (QED) is 0.767. The highest BCUT2D eigenvalue weighted by Crippen LogP contribution is 2.26. The van der Waals surface area contributed by atoms with Crippen LogP contribution in [0.4, 0.5) is 0 Å². The van der Waals surface area contributed by atoms with Crippen LogP contribution in [-0.2, 0) is 4.79 Å². The summed E-state index contributed by atoms with van der Waals surface area (Å²) in [5.41, 5.74) is 5.86. The third kappa shape index (κ3) is 5.30. The molecule has 17 heavy (non-hydrogen) atoms. The first-order valence-corrected chi connectivity index (χ1v) is 8.09. The average Bonchev–Trinajstić information content (AvgIpc) is 2.36. The zero-order chi connectivity index (χ0) is 12.7. The van der Waals surface area contributed by atoms with Gasteiger partial charge in [-0.3, -0.25) is 4.79 Å². The van der Waals surface area contributed by atoms with Gasteiger partial charge in [0.2, 0.25) is 5.91 Å². The van der Waals surface area contributed by atoms with Crippen molar-refractivity contribution in [3.05, 3.63) is 0 Å². The molecule has 0 radical (unpaired) electrons. The lowest BCUT2D eigenvalue weighted by molar-refractivity contribution is -0.123. The third-order valence-electron chi connectivity index (χ3n) is 3.70. The van der Waals surface area contributed by atoms with Crippen molar-refractivity contribution in [1.29, 1.82) is 0 Å². The van der Waals surface area contributed by atoms with E-state index in [1.54, 1.807) is 11.8 Å². The van der Waals surface area contributed by atoms with Gasteiger partial charge < -0.3 is 11.1 Å². The molecule has 3 N–H and O–H groups in total. The zero-order valence-corrected chi connectivity index (χ0v) is 11.9. The van der Waals surface area contributed by atoms with Crippen LogP contribution in [0.15, 0.2) is 0 Å². The number of nitrogens with two attached hydrogens (primary N) is 1. The Labute approximate surface area is 109 Å². The minimum atomic E-state index is -0.339. The van der Waals surface area contributed by atoms with Crippen molar-refractivity contribution >= 4 is 17.7 Å². The lowest BCUT2D eigenvalue weighted by Crippen LogP contribution is -2.47. The topological polar surface area (TPSA) is 55.1 Å². The molecular weight excluding hydrogens is 232 g/mol. The van der Waals surface area contributed by atoms with Gasteiger partial charge >= 0.3 is 0 Å². The fraction of sp³-hybridized carbons (Fsp3) is 0.923. The Morgan fingerprint density at radius 3 is 2.65 bits per heavy atom. The summed E-state index contributed by atoms with van der Waals surface area (Å²) in [4.78, 5) is 11.9. The summed E-state index contributed by atoms with van der Waals surface area (Å²) in [5.74, 6) is 1.63. The van der Waals surface area contributed by atoms with E-state index in [4.69, 9.17) is 5.73 Å². The van der Waals surface area contributed by atoms with E-state index in [2.05, 4.69) is 12.2 Å². The average molecular weight is 258 g/mol. The molecule has 1 rings (SSSR count). The minimum absolute atomic E-state index is 0.0251. The van der Waals surface area contributed by atoms with Crippen LogP contribution in [-0.4, -0.2) is 30.0 Å². The molecule has 1 aliphatic carbocycles. The Bertz CT molecular complexity index is 229. The zero-order valence-electron chi connectivity index (χ0n) is 11.1. The maximum atomic E-state index is 11.9. The van der Waals surface area contributed by atoms with Crippen molar-refractivity contribution in [2.45, 2.75) is 57.5 Å². The lowest BCUT2D eigenvalue weighted by atomic mass is 9.84. The molecule has 0 aromatic heterocycles. The molecule has 1 aliphatic rings. The first-order valence-electron chi connectivity index (χ1n) is 6.70. The Hall–Kier alpha value is -0.220. The second-order valence-electron chi connectivity index (χ2n) is 5.08. The van der Waals surface area contributed by atoms with Gasteiger partial charge in [0.25, 0.3) is 0 Å². The molecule has 0 aliphatic heterocycles. The number of amides is 1. The summed E-state index contributed by atoms with van der Waals surface area (Å²) >= 11 is 1.73. The van der Waals surface area contributed by atoms with Gasteiger partial charge in [0.15, 0.2) is 0 Å². The molecule has 0 bridgehead atoms. The Morgan fingerprint density at radius 2 is 2.06 bits per heavy atom. The molecule has 2 atom stereocenters. The van der Waals surface area contributed by atoms with E-state index in [1.807, 2.05) is 6.26 Å². The lowest BCUT2D eigenvalue weighted by Gasteiger charge is -2.29. The fourth-order valence-corrected chi connectivity index (χ4v) is 2.95. The molecule has 1 amide bonds. The highest BCUT2D eigenvalue weighted by Gasteiger charge is 2.23. The Kier molecular flexibility index (Phi) is 6.97. The van der Waals surface area contributed by atoms with Crippen molar-refractivity contribution in [3.63, 3.8) is 0 Å². The first-order chi connectivity index (χ1) is 8.15. The van der Waals surface area contributed by atoms with Crippen molar-refractivity contribution in [2.75, 3.05) is 12.0 Å². The fourth-order valence-electron chi connectivity index (χ4n) is 2.46. The van der Waals surface area contributed by atoms with Gasteiger partial charge in [-0.2, -0.15) is 11.8 Å². The van der Waals surface area contributed by atoms with E-state index in [-0.39, 0.29) is 18.0 Å². The van der Waals surface area contributed by atoms with Gasteiger partial charge in [0.05, 0.1) is 6.04 Å². The van der Waals surface area contributed by atoms with E-state index in [9.17, 15) is 4.79 Å². The van der Waals surface area contributed by atoms with Crippen LogP contribution in [0.25, 0.3) is 0 Å². The summed E-state index contributed by atoms with van der Waals surface area (Å²) in [7, 11) is 0. The summed E-state index contributed by atoms with van der Waals surface area (Å²) in [5, 5.41) is 3.09. The molecule has 0 aromatic carbocycles. The predicted octanol–water partition coefficient (Wildman–Crippen LogP) is 2.15. The molecule has 4 heteroatoms. The van der Waals surface area contributed by atoms with Gasteiger partial charge in [-0.15, -0.1) is 0 Å². The molecule has 1 fully saturated rings. The predicted molar refractivity (Wildman–Crippen MR) is 75.2 cm³/mol. The summed E-state index contributed by atoms with van der Waals surface area (Å²) in [6.07, 6.45) is 9.28. The maximum absolute atomic E-state index is 11.9. The van der Waals surface area contributed by atoms with Crippen LogP contribution in [0.5, 0.6) is 0 Å². The number of carbonyl (C=O) groups excluding carboxylic acids is 1. The molecule has 100 valence electrons. The molecule has 0 spiro atoms. The minimum Gasteiger partial charge on any atom is -0.352 e. The second kappa shape index (κ2) is 7.98. The van der Waals surface area contributed by atoms with Gasteiger partial charge in [-0.1, -0.05) is 19.3 Å². The molecule has 0 aromatic rings. The SMILES string of the molecule is CSCC[C@H](N)C(=O)N[C@@H](C)C1CCCCC1. The van der Waals surface area contributed by atoms with Crippen LogP contribution >= 0.6 is 11.8 Å². The molecule has 0 unspecified atom stereocenters. The number of nitrogens with one attached hydrogen (secondary N) is 1. The number of hydrogen-bond donors (Lipinski definition) is 2. The second-order valence-corrected chi connectivity index (χ2v) is 6.07. The van der Waals surface area contributed by atoms with Crippen molar-refractivity contribution in [2.24, 2.45) is 11.7 Å². The third-order valence-corrected chi connectivity index (χ3v) is 4.34. The van der Waals surface area contributed by atoms with Crippen LogP contribution in [0.3, 0.4) is 0 Å². The smallest absolute Gasteiger partial charge is 0.237 e. The monoisotopic (exact) mass is 258 g/mol. The summed E-state index contributed by atoms with van der Waals surface area (Å²) in [6.45, 7) is 2.12. The van der Waals surface area contributed by atoms with Crippen LogP contribution in [0, 0.1) is 5.92 Å². The molecule has 1 saturated carbocycles. The maximum Gasteiger partial charge on any atom is 0.237 e. The highest BCUT2D eigenvalue weighted by atomic mass is 32.2. The van der Waals surface area contributed by atoms with Gasteiger partial charge in [-0.05, 0) is 44.1 Å². The number of hydrogen-bond acceptors (Lipinski definition) is 3. The van der Waals surface area contributed by atoms with E-state index >= 15 is 0 Å². The standard InChI is InChI=1S/C13H26N2OS/c1-10(11-6-4-3-5-7-11)15-13(16)12(14)8-9-17-2/h10-12H,3-9,14H2,1-2H3,(H,15,16)/t10-,12-/m0/s1. The molecule has 0 saturated heterocycles. The van der Waals surface area contributed by atoms with E-state index in [0.29, 0.717) is 5.92 Å². The highest BCUT2D eigenvalue weighted by molar-refractivity contribution is 7.98. The Balaban J connectivity index is 2.28. The Morgan fingerprint density at radius 1 is 1.41 bits per heavy atom. The molecule has 0 heterocycles. The van der Waals surface area contributed by atoms with E-state index in [0.717, 1.165) is 12.2 Å². The van der Waals surface area contributed by atoms with Crippen molar-refractivity contribution in [1.82, 2.24) is 5.32 Å². The molecular formula is C13H26N2OS. The van der Waals surface area contributed by atoms with E-state index < -0.39 is 0 Å². The number of thioether (sulfide) groups is 1. The van der Waals surface area contributed by atoms with Crippen LogP contribution in [0.1, 0.15) is 45.4 Å². The number of carbonyl (C=O) groups is 1. The van der Waals surface area contributed by atoms with Crippen LogP contribution in [0.2, 0.25) is 0 Å². The van der Waals surface area contributed by atoms with Crippen molar-refractivity contribution < 1.29 is 4.79 Å². The van der Waals surface area contributed by atoms with Crippen molar-refractivity contribution in [3.8, 4) is 0 Å². The largest absolute Gasteiger partial charge is 0.352 e.